The van der Waals surface area contributed by atoms with Crippen LogP contribution in [0.2, 0.25) is 0 Å². The number of unbranched alkanes of at least 4 members (excludes halogenated alkanes) is 39. The maximum Gasteiger partial charge on any atom is 0.305 e. The van der Waals surface area contributed by atoms with Crippen LogP contribution in [0.15, 0.2) is 36.5 Å². The molecule has 1 fully saturated rings. The minimum atomic E-state index is -1.57. The molecule has 7 unspecified atom stereocenters. The van der Waals surface area contributed by atoms with Gasteiger partial charge in [-0.05, 0) is 83.5 Å². The van der Waals surface area contributed by atoms with E-state index in [9.17, 15) is 35.1 Å². The number of carbonyl (C=O) groups excluding carboxylic acids is 2. The molecule has 7 atom stereocenters. The van der Waals surface area contributed by atoms with Crippen molar-refractivity contribution in [3.8, 4) is 0 Å². The Bertz CT molecular complexity index is 1370. The zero-order valence-electron chi connectivity index (χ0n) is 49.9. The van der Waals surface area contributed by atoms with E-state index in [2.05, 4.69) is 43.5 Å². The zero-order chi connectivity index (χ0) is 55.9. The summed E-state index contributed by atoms with van der Waals surface area (Å²) in [5.74, 6) is -0.194. The van der Waals surface area contributed by atoms with E-state index in [4.69, 9.17) is 14.2 Å². The van der Waals surface area contributed by atoms with Crippen molar-refractivity contribution >= 4 is 11.9 Å². The molecule has 1 heterocycles. The first-order valence-electron chi connectivity index (χ1n) is 32.8. The molecule has 0 saturated carbocycles. The number of rotatable bonds is 57. The summed E-state index contributed by atoms with van der Waals surface area (Å²) in [6.45, 7) is 4.32. The molecule has 11 heteroatoms. The summed E-state index contributed by atoms with van der Waals surface area (Å²) in [5.41, 5.74) is 0. The van der Waals surface area contributed by atoms with Gasteiger partial charge in [0.05, 0.1) is 32.0 Å². The number of hydrogen-bond acceptors (Lipinski definition) is 10. The van der Waals surface area contributed by atoms with E-state index < -0.39 is 49.5 Å². The third-order valence-electron chi connectivity index (χ3n) is 15.5. The van der Waals surface area contributed by atoms with Crippen LogP contribution in [-0.4, -0.2) is 100 Å². The van der Waals surface area contributed by atoms with Crippen molar-refractivity contribution in [2.45, 2.75) is 352 Å². The zero-order valence-corrected chi connectivity index (χ0v) is 49.9. The lowest BCUT2D eigenvalue weighted by Crippen LogP contribution is -2.60. The Morgan fingerprint density at radius 1 is 0.468 bits per heavy atom. The summed E-state index contributed by atoms with van der Waals surface area (Å²) < 4.78 is 16.7. The molecule has 452 valence electrons. The van der Waals surface area contributed by atoms with Gasteiger partial charge in [-0.1, -0.05) is 249 Å². The van der Waals surface area contributed by atoms with Crippen molar-refractivity contribution in [2.75, 3.05) is 19.8 Å². The van der Waals surface area contributed by atoms with E-state index in [1.807, 2.05) is 6.08 Å². The highest BCUT2D eigenvalue weighted by Crippen LogP contribution is 2.23. The topological polar surface area (TPSA) is 175 Å². The number of carbonyl (C=O) groups is 2. The van der Waals surface area contributed by atoms with Gasteiger partial charge >= 0.3 is 5.97 Å². The van der Waals surface area contributed by atoms with Crippen LogP contribution in [0.5, 0.6) is 0 Å². The molecule has 0 bridgehead atoms. The number of allylic oxidation sites excluding steroid dienone is 5. The lowest BCUT2D eigenvalue weighted by Gasteiger charge is -2.40. The number of amides is 1. The van der Waals surface area contributed by atoms with E-state index in [-0.39, 0.29) is 18.5 Å². The number of aliphatic hydroxyl groups is 5. The van der Waals surface area contributed by atoms with E-state index in [1.165, 1.54) is 218 Å². The second-order valence-electron chi connectivity index (χ2n) is 22.8. The van der Waals surface area contributed by atoms with Crippen molar-refractivity contribution in [1.29, 1.82) is 0 Å². The fourth-order valence-electron chi connectivity index (χ4n) is 10.2. The normalized spacial score (nSPS) is 18.8. The Morgan fingerprint density at radius 3 is 1.25 bits per heavy atom. The lowest BCUT2D eigenvalue weighted by molar-refractivity contribution is -0.302. The fraction of sp³-hybridized carbons (Fsp3) is 0.879. The molecular weight excluding hydrogens is 967 g/mol. The average molecular weight is 1090 g/mol. The molecule has 1 aliphatic rings. The van der Waals surface area contributed by atoms with Crippen LogP contribution in [0.25, 0.3) is 0 Å². The van der Waals surface area contributed by atoms with E-state index in [1.54, 1.807) is 6.08 Å². The second kappa shape index (κ2) is 55.8. The van der Waals surface area contributed by atoms with Crippen LogP contribution < -0.4 is 5.32 Å². The molecule has 1 rings (SSSR count). The Hall–Kier alpha value is -2.12. The molecule has 0 aromatic heterocycles. The molecule has 1 amide bonds. The third kappa shape index (κ3) is 45.2. The van der Waals surface area contributed by atoms with Crippen LogP contribution in [0.1, 0.15) is 309 Å². The maximum atomic E-state index is 13.0. The van der Waals surface area contributed by atoms with Gasteiger partial charge in [-0.25, -0.2) is 0 Å². The van der Waals surface area contributed by atoms with Gasteiger partial charge in [0, 0.05) is 12.8 Å². The van der Waals surface area contributed by atoms with Gasteiger partial charge in [0.2, 0.25) is 5.91 Å². The molecule has 6 N–H and O–H groups in total. The minimum Gasteiger partial charge on any atom is -0.466 e. The molecule has 1 aliphatic heterocycles. The molecule has 0 aromatic rings. The second-order valence-corrected chi connectivity index (χ2v) is 22.8. The van der Waals surface area contributed by atoms with Gasteiger partial charge in [0.1, 0.15) is 24.4 Å². The first-order chi connectivity index (χ1) is 37.7. The van der Waals surface area contributed by atoms with Crippen molar-refractivity contribution in [3.05, 3.63) is 36.5 Å². The molecule has 0 aliphatic carbocycles. The van der Waals surface area contributed by atoms with Crippen LogP contribution in [0.3, 0.4) is 0 Å². The monoisotopic (exact) mass is 1090 g/mol. The smallest absolute Gasteiger partial charge is 0.305 e. The first-order valence-corrected chi connectivity index (χ1v) is 32.8. The van der Waals surface area contributed by atoms with E-state index in [0.717, 1.165) is 64.2 Å². The number of ether oxygens (including phenoxy) is 3. The highest BCUT2D eigenvalue weighted by molar-refractivity contribution is 5.76. The van der Waals surface area contributed by atoms with Gasteiger partial charge < -0.3 is 45.1 Å². The van der Waals surface area contributed by atoms with Crippen LogP contribution >= 0.6 is 0 Å². The summed E-state index contributed by atoms with van der Waals surface area (Å²) in [4.78, 5) is 25.1. The van der Waals surface area contributed by atoms with E-state index >= 15 is 0 Å². The Labute approximate surface area is 473 Å². The minimum absolute atomic E-state index is 0.00602. The molecule has 77 heavy (non-hydrogen) atoms. The van der Waals surface area contributed by atoms with Crippen LogP contribution in [-0.2, 0) is 23.8 Å². The van der Waals surface area contributed by atoms with Gasteiger partial charge in [0.15, 0.2) is 6.29 Å². The summed E-state index contributed by atoms with van der Waals surface area (Å²) >= 11 is 0. The largest absolute Gasteiger partial charge is 0.466 e. The Balaban J connectivity index is 1.96. The predicted molar refractivity (Wildman–Crippen MR) is 320 cm³/mol. The van der Waals surface area contributed by atoms with Crippen molar-refractivity contribution in [1.82, 2.24) is 5.32 Å². The standard InChI is InChI=1S/C66H123NO10/c1-3-5-7-9-11-13-14-15-16-28-31-34-38-42-46-50-54-62(71)75-55-51-47-43-39-35-32-29-26-24-22-20-18-17-19-21-23-25-27-30-33-37-41-45-49-53-61(70)67-58(59(69)52-48-44-40-36-12-10-8-6-4-2)57-76-66-65(74)64(73)63(72)60(56-68)77-66/h16,19,21,28,48,52,58-60,63-66,68-69,72-74H,3-15,17-18,20,22-27,29-47,49-51,53-57H2,1-2H3,(H,67,70)/b21-19-,28-16-,52-48+. The molecule has 11 nitrogen and oxygen atoms in total. The van der Waals surface area contributed by atoms with Crippen LogP contribution in [0.4, 0.5) is 0 Å². The summed E-state index contributed by atoms with van der Waals surface area (Å²) in [7, 11) is 0. The molecule has 0 spiro atoms. The highest BCUT2D eigenvalue weighted by atomic mass is 16.7. The quantitative estimate of drug-likeness (QED) is 0.0195. The Kier molecular flexibility index (Phi) is 52.8. The van der Waals surface area contributed by atoms with Gasteiger partial charge in [-0.2, -0.15) is 0 Å². The molecule has 1 saturated heterocycles. The van der Waals surface area contributed by atoms with Gasteiger partial charge in [-0.15, -0.1) is 0 Å². The summed E-state index contributed by atoms with van der Waals surface area (Å²) in [6, 6.07) is -0.812. The van der Waals surface area contributed by atoms with Crippen molar-refractivity contribution in [3.63, 3.8) is 0 Å². The van der Waals surface area contributed by atoms with E-state index in [0.29, 0.717) is 19.4 Å². The predicted octanol–water partition coefficient (Wildman–Crippen LogP) is 15.8. The fourth-order valence-corrected chi connectivity index (χ4v) is 10.2. The SMILES string of the molecule is CCCCCCCCC/C=C\CCCCCCCC(=O)OCCCCCCCCCCCCCC/C=C\CCCCCCCCCCC(=O)NC(COC1OC(CO)C(O)C(O)C1O)C(O)/C=C/CCCCCCCCC. The van der Waals surface area contributed by atoms with Crippen LogP contribution in [0, 0.1) is 0 Å². The van der Waals surface area contributed by atoms with Gasteiger partial charge in [0.25, 0.3) is 0 Å². The van der Waals surface area contributed by atoms with Crippen molar-refractivity contribution < 1.29 is 49.3 Å². The molecular formula is C66H123NO10. The number of hydrogen-bond donors (Lipinski definition) is 6. The van der Waals surface area contributed by atoms with Gasteiger partial charge in [-0.3, -0.25) is 9.59 Å². The van der Waals surface area contributed by atoms with Crippen molar-refractivity contribution in [2.24, 2.45) is 0 Å². The summed E-state index contributed by atoms with van der Waals surface area (Å²) in [5, 5.41) is 54.2. The number of nitrogens with one attached hydrogen (secondary N) is 1. The first kappa shape index (κ1) is 72.9. The Morgan fingerprint density at radius 2 is 0.831 bits per heavy atom. The number of esters is 1. The highest BCUT2D eigenvalue weighted by Gasteiger charge is 2.44. The lowest BCUT2D eigenvalue weighted by atomic mass is 9.99. The third-order valence-corrected chi connectivity index (χ3v) is 15.5. The molecule has 0 radical (unpaired) electrons. The summed E-state index contributed by atoms with van der Waals surface area (Å²) in [6.07, 6.45) is 59.8. The average Bonchev–Trinajstić information content (AvgIpc) is 3.43. The molecule has 0 aromatic carbocycles. The maximum absolute atomic E-state index is 13.0. The number of aliphatic hydroxyl groups excluding tert-OH is 5.